The van der Waals surface area contributed by atoms with Gasteiger partial charge in [-0.15, -0.1) is 0 Å². The number of anilines is 1. The van der Waals surface area contributed by atoms with Gasteiger partial charge in [-0.1, -0.05) is 78.9 Å². The molecular formula is C29H25N3O2. The van der Waals surface area contributed by atoms with Crippen LogP contribution in [0.25, 0.3) is 12.2 Å². The van der Waals surface area contributed by atoms with Crippen LogP contribution in [0, 0.1) is 11.3 Å². The number of rotatable bonds is 7. The number of ether oxygens (including phenoxy) is 1. The number of nitrogens with zero attached hydrogens (tertiary/aromatic N) is 3. The van der Waals surface area contributed by atoms with Crippen LogP contribution in [0.4, 0.5) is 5.69 Å². The van der Waals surface area contributed by atoms with E-state index in [1.165, 1.54) is 11.6 Å². The average Bonchev–Trinajstić information content (AvgIpc) is 3.32. The molecule has 0 fully saturated rings. The van der Waals surface area contributed by atoms with Crippen molar-refractivity contribution in [3.63, 3.8) is 0 Å². The molecule has 168 valence electrons. The zero-order valence-electron chi connectivity index (χ0n) is 19.0. The van der Waals surface area contributed by atoms with Crippen LogP contribution in [-0.2, 0) is 9.53 Å². The maximum Gasteiger partial charge on any atom is 0.348 e. The zero-order valence-corrected chi connectivity index (χ0v) is 19.0. The quantitative estimate of drug-likeness (QED) is 0.246. The highest BCUT2D eigenvalue weighted by Gasteiger charge is 2.28. The molecule has 1 aliphatic heterocycles. The van der Waals surface area contributed by atoms with Crippen molar-refractivity contribution in [1.82, 2.24) is 0 Å². The molecule has 1 heterocycles. The molecule has 0 saturated carbocycles. The number of carbonyl (C=O) groups excluding carboxylic acids is 1. The number of nitriles is 1. The topological polar surface area (TPSA) is 65.7 Å². The second kappa shape index (κ2) is 10.9. The molecule has 0 saturated heterocycles. The number of esters is 1. The van der Waals surface area contributed by atoms with E-state index in [1.54, 1.807) is 6.92 Å². The molecule has 0 aromatic heterocycles. The highest BCUT2D eigenvalue weighted by Crippen LogP contribution is 2.35. The Bertz CT molecular complexity index is 1250. The van der Waals surface area contributed by atoms with Gasteiger partial charge in [0.25, 0.3) is 0 Å². The van der Waals surface area contributed by atoms with Crippen LogP contribution >= 0.6 is 0 Å². The van der Waals surface area contributed by atoms with Crippen molar-refractivity contribution >= 4 is 29.5 Å². The van der Waals surface area contributed by atoms with Gasteiger partial charge >= 0.3 is 5.97 Å². The van der Waals surface area contributed by atoms with E-state index in [2.05, 4.69) is 36.4 Å². The fourth-order valence-electron chi connectivity index (χ4n) is 3.80. The third-order valence-corrected chi connectivity index (χ3v) is 5.47. The monoisotopic (exact) mass is 447 g/mol. The Balaban J connectivity index is 1.61. The van der Waals surface area contributed by atoms with E-state index >= 15 is 0 Å². The van der Waals surface area contributed by atoms with E-state index in [0.29, 0.717) is 0 Å². The lowest BCUT2D eigenvalue weighted by molar-refractivity contribution is -0.137. The summed E-state index contributed by atoms with van der Waals surface area (Å²) < 4.78 is 4.94. The van der Waals surface area contributed by atoms with Crippen LogP contribution in [0.2, 0.25) is 0 Å². The third-order valence-electron chi connectivity index (χ3n) is 5.47. The van der Waals surface area contributed by atoms with Crippen molar-refractivity contribution in [1.29, 1.82) is 5.26 Å². The minimum atomic E-state index is -0.614. The summed E-state index contributed by atoms with van der Waals surface area (Å²) in [4.78, 5) is 11.9. The Morgan fingerprint density at radius 2 is 1.68 bits per heavy atom. The largest absolute Gasteiger partial charge is 0.462 e. The van der Waals surface area contributed by atoms with E-state index in [0.717, 1.165) is 28.9 Å². The van der Waals surface area contributed by atoms with Gasteiger partial charge in [-0.05, 0) is 47.9 Å². The maximum atomic E-state index is 11.9. The maximum absolute atomic E-state index is 11.9. The lowest BCUT2D eigenvalue weighted by atomic mass is 10.0. The van der Waals surface area contributed by atoms with Gasteiger partial charge in [-0.25, -0.2) is 4.79 Å². The van der Waals surface area contributed by atoms with Crippen molar-refractivity contribution < 1.29 is 9.53 Å². The highest BCUT2D eigenvalue weighted by molar-refractivity contribution is 6.01. The van der Waals surface area contributed by atoms with E-state index in [1.807, 2.05) is 71.7 Å². The van der Waals surface area contributed by atoms with Crippen LogP contribution in [0.5, 0.6) is 0 Å². The minimum absolute atomic E-state index is 0.0238. The number of hydrogen-bond acceptors (Lipinski definition) is 5. The van der Waals surface area contributed by atoms with Crippen LogP contribution in [-0.4, -0.2) is 18.3 Å². The minimum Gasteiger partial charge on any atom is -0.462 e. The Morgan fingerprint density at radius 1 is 1.00 bits per heavy atom. The molecule has 5 nitrogen and oxygen atoms in total. The van der Waals surface area contributed by atoms with Crippen LogP contribution in [0.3, 0.4) is 0 Å². The number of hydrogen-bond donors (Lipinski definition) is 0. The Hall–Kier alpha value is -4.43. The van der Waals surface area contributed by atoms with Crippen molar-refractivity contribution in [2.24, 2.45) is 5.10 Å². The van der Waals surface area contributed by atoms with Crippen molar-refractivity contribution in [2.75, 3.05) is 11.6 Å². The lowest BCUT2D eigenvalue weighted by Crippen LogP contribution is -2.18. The molecule has 0 bridgehead atoms. The molecule has 4 rings (SSSR count). The molecule has 34 heavy (non-hydrogen) atoms. The van der Waals surface area contributed by atoms with Gasteiger partial charge in [0.15, 0.2) is 0 Å². The second-order valence-electron chi connectivity index (χ2n) is 7.79. The number of benzene rings is 3. The number of allylic oxidation sites excluding steroid dienone is 1. The molecule has 3 aromatic rings. The summed E-state index contributed by atoms with van der Waals surface area (Å²) in [7, 11) is 0. The highest BCUT2D eigenvalue weighted by atomic mass is 16.5. The summed E-state index contributed by atoms with van der Waals surface area (Å²) >= 11 is 0. The second-order valence-corrected chi connectivity index (χ2v) is 7.79. The number of carbonyl (C=O) groups is 1. The van der Waals surface area contributed by atoms with Gasteiger partial charge in [0.2, 0.25) is 0 Å². The molecule has 0 N–H and O–H groups in total. The van der Waals surface area contributed by atoms with Crippen LogP contribution < -0.4 is 5.01 Å². The molecule has 5 heteroatoms. The average molecular weight is 448 g/mol. The Morgan fingerprint density at radius 3 is 2.32 bits per heavy atom. The first-order valence-corrected chi connectivity index (χ1v) is 11.2. The van der Waals surface area contributed by atoms with Crippen molar-refractivity contribution in [3.05, 3.63) is 113 Å². The number of hydrazone groups is 1. The first kappa shape index (κ1) is 22.8. The van der Waals surface area contributed by atoms with E-state index in [4.69, 9.17) is 9.84 Å². The van der Waals surface area contributed by atoms with E-state index in [9.17, 15) is 10.1 Å². The van der Waals surface area contributed by atoms with Gasteiger partial charge in [-0.3, -0.25) is 5.01 Å². The van der Waals surface area contributed by atoms with Crippen LogP contribution in [0.15, 0.2) is 102 Å². The fraction of sp³-hybridized carbons (Fsp3) is 0.138. The fourth-order valence-corrected chi connectivity index (χ4v) is 3.80. The molecular weight excluding hydrogens is 422 g/mol. The third kappa shape index (κ3) is 5.48. The molecule has 1 aliphatic rings. The van der Waals surface area contributed by atoms with Crippen molar-refractivity contribution in [2.45, 2.75) is 19.4 Å². The summed E-state index contributed by atoms with van der Waals surface area (Å²) in [5, 5.41) is 16.2. The normalized spacial score (nSPS) is 15.8. The smallest absolute Gasteiger partial charge is 0.348 e. The summed E-state index contributed by atoms with van der Waals surface area (Å²) in [6, 6.07) is 30.1. The standard InChI is InChI=1S/C29H25N3O2/c1-2-34-29(33)25(21-30)19-23-14-17-27(18-15-23)32-28(24-11-7-4-8-12-24)20-26(31-32)16-13-22-9-5-3-6-10-22/h3-19,28H,2,20H2,1H3/b16-13+,25-19-/t28-/m0/s1. The Kier molecular flexibility index (Phi) is 7.32. The Labute approximate surface area is 199 Å². The lowest BCUT2D eigenvalue weighted by Gasteiger charge is -2.24. The van der Waals surface area contributed by atoms with Gasteiger partial charge in [0.1, 0.15) is 11.6 Å². The predicted molar refractivity (Wildman–Crippen MR) is 136 cm³/mol. The molecule has 0 aliphatic carbocycles. The SMILES string of the molecule is CCOC(=O)/C(C#N)=C\c1ccc(N2N=C(/C=C/c3ccccc3)C[C@H]2c2ccccc2)cc1. The van der Waals surface area contributed by atoms with Gasteiger partial charge in [0.05, 0.1) is 24.0 Å². The van der Waals surface area contributed by atoms with Gasteiger partial charge < -0.3 is 4.74 Å². The first-order valence-electron chi connectivity index (χ1n) is 11.2. The molecule has 0 radical (unpaired) electrons. The predicted octanol–water partition coefficient (Wildman–Crippen LogP) is 6.18. The molecule has 1 atom stereocenters. The van der Waals surface area contributed by atoms with Crippen LogP contribution in [0.1, 0.15) is 36.1 Å². The van der Waals surface area contributed by atoms with Gasteiger partial charge in [-0.2, -0.15) is 10.4 Å². The van der Waals surface area contributed by atoms with Crippen molar-refractivity contribution in [3.8, 4) is 6.07 Å². The van der Waals surface area contributed by atoms with E-state index in [-0.39, 0.29) is 18.2 Å². The van der Waals surface area contributed by atoms with E-state index < -0.39 is 5.97 Å². The molecule has 3 aromatic carbocycles. The molecule has 0 amide bonds. The molecule has 0 unspecified atom stereocenters. The summed E-state index contributed by atoms with van der Waals surface area (Å²) in [5.41, 5.74) is 4.97. The molecule has 0 spiro atoms. The summed E-state index contributed by atoms with van der Waals surface area (Å²) in [5.74, 6) is -0.614. The zero-order chi connectivity index (χ0) is 23.8. The first-order chi connectivity index (χ1) is 16.7. The van der Waals surface area contributed by atoms with Gasteiger partial charge in [0, 0.05) is 6.42 Å². The summed E-state index contributed by atoms with van der Waals surface area (Å²) in [6.45, 7) is 1.94. The summed E-state index contributed by atoms with van der Waals surface area (Å²) in [6.07, 6.45) is 6.48.